The van der Waals surface area contributed by atoms with E-state index >= 15 is 0 Å². The number of alkyl halides is 6. The molecule has 0 bridgehead atoms. The van der Waals surface area contributed by atoms with Gasteiger partial charge in [-0.05, 0) is 47.7 Å². The molecule has 4 aromatic carbocycles. The number of halogens is 7. The number of benzene rings is 4. The third-order valence-electron chi connectivity index (χ3n) is 6.95. The van der Waals surface area contributed by atoms with Crippen molar-refractivity contribution in [1.82, 2.24) is 4.90 Å². The van der Waals surface area contributed by atoms with Crippen molar-refractivity contribution in [3.63, 3.8) is 0 Å². The van der Waals surface area contributed by atoms with Crippen LogP contribution in [0.2, 0.25) is 5.02 Å². The number of nitrogens with two attached hydrogens (primary N) is 1. The predicted octanol–water partition coefficient (Wildman–Crippen LogP) is 8.99. The minimum Gasteiger partial charge on any atom is -0.493 e. The van der Waals surface area contributed by atoms with Crippen molar-refractivity contribution in [3.8, 4) is 5.75 Å². The zero-order valence-electron chi connectivity index (χ0n) is 24.8. The summed E-state index contributed by atoms with van der Waals surface area (Å²) in [6.07, 6.45) is -8.93. The van der Waals surface area contributed by atoms with Crippen molar-refractivity contribution < 1.29 is 41.0 Å². The molecule has 0 aliphatic carbocycles. The van der Waals surface area contributed by atoms with Crippen molar-refractivity contribution in [2.24, 2.45) is 0 Å². The van der Waals surface area contributed by atoms with Gasteiger partial charge in [0.05, 0.1) is 17.2 Å². The molecule has 0 atom stereocenters. The molecular weight excluding hydrogens is 634 g/mol. The third kappa shape index (κ3) is 11.0. The Morgan fingerprint density at radius 1 is 0.891 bits per heavy atom. The Labute approximate surface area is 268 Å². The summed E-state index contributed by atoms with van der Waals surface area (Å²) in [5.74, 6) is -2.00. The van der Waals surface area contributed by atoms with Crippen LogP contribution in [0.4, 0.5) is 32.0 Å². The first kappa shape index (κ1) is 36.3. The molecule has 0 aliphatic heterocycles. The molecule has 0 aromatic heterocycles. The fourth-order valence-electron chi connectivity index (χ4n) is 4.67. The monoisotopic (exact) mass is 666 g/mol. The molecule has 4 aromatic rings. The average molecular weight is 667 g/mol. The second kappa shape index (κ2) is 16.4. The van der Waals surface area contributed by atoms with Gasteiger partial charge in [0, 0.05) is 37.3 Å². The van der Waals surface area contributed by atoms with Crippen molar-refractivity contribution in [2.75, 3.05) is 25.4 Å². The number of anilines is 1. The van der Waals surface area contributed by atoms with Crippen molar-refractivity contribution in [2.45, 2.75) is 38.2 Å². The van der Waals surface area contributed by atoms with Gasteiger partial charge in [0.25, 0.3) is 0 Å². The Hall–Kier alpha value is -4.22. The van der Waals surface area contributed by atoms with E-state index in [1.54, 1.807) is 12.1 Å². The minimum atomic E-state index is -5.08. The summed E-state index contributed by atoms with van der Waals surface area (Å²) in [5.41, 5.74) is 9.43. The number of hydrogen-bond acceptors (Lipinski definition) is 4. The maximum absolute atomic E-state index is 13.6. The topological polar surface area (TPSA) is 75.8 Å². The first-order valence-corrected chi connectivity index (χ1v) is 14.5. The molecule has 3 N–H and O–H groups in total. The van der Waals surface area contributed by atoms with Crippen molar-refractivity contribution >= 4 is 23.3 Å². The minimum absolute atomic E-state index is 0.0223. The lowest BCUT2D eigenvalue weighted by Gasteiger charge is -2.29. The number of carboxylic acids is 1. The van der Waals surface area contributed by atoms with E-state index in [4.69, 9.17) is 32.0 Å². The molecule has 12 heteroatoms. The molecule has 0 amide bonds. The van der Waals surface area contributed by atoms with Crippen LogP contribution in [-0.2, 0) is 17.5 Å². The molecule has 0 heterocycles. The van der Waals surface area contributed by atoms with Crippen LogP contribution in [0.1, 0.15) is 40.2 Å². The van der Waals surface area contributed by atoms with E-state index < -0.39 is 23.9 Å². The van der Waals surface area contributed by atoms with E-state index in [-0.39, 0.29) is 17.5 Å². The highest BCUT2D eigenvalue weighted by molar-refractivity contribution is 6.32. The Bertz CT molecular complexity index is 1510. The maximum atomic E-state index is 13.6. The van der Waals surface area contributed by atoms with Gasteiger partial charge in [0.15, 0.2) is 0 Å². The molecule has 246 valence electrons. The number of carboxylic acid groups (broad SMARTS) is 1. The number of nitrogen functional groups attached to an aromatic ring is 1. The normalized spacial score (nSPS) is 11.7. The van der Waals surface area contributed by atoms with Gasteiger partial charge in [-0.2, -0.15) is 26.3 Å². The molecule has 0 aliphatic rings. The largest absolute Gasteiger partial charge is 0.493 e. The van der Waals surface area contributed by atoms with Crippen LogP contribution in [-0.4, -0.2) is 41.8 Å². The number of nitrogens with zero attached hydrogens (tertiary/aromatic N) is 1. The molecule has 5 nitrogen and oxygen atoms in total. The quantitative estimate of drug-likeness (QED) is 0.0950. The molecule has 0 unspecified atom stereocenters. The van der Waals surface area contributed by atoms with E-state index in [1.807, 2.05) is 55.5 Å². The number of aryl methyl sites for hydroxylation is 1. The summed E-state index contributed by atoms with van der Waals surface area (Å²) in [6.45, 7) is 3.87. The second-order valence-electron chi connectivity index (χ2n) is 10.4. The van der Waals surface area contributed by atoms with Gasteiger partial charge < -0.3 is 15.6 Å². The molecule has 46 heavy (non-hydrogen) atoms. The van der Waals surface area contributed by atoms with E-state index in [0.717, 1.165) is 28.5 Å². The molecule has 0 saturated heterocycles. The molecular formula is C34H33ClF6N2O3. The van der Waals surface area contributed by atoms with Crippen LogP contribution in [0.25, 0.3) is 0 Å². The summed E-state index contributed by atoms with van der Waals surface area (Å²) >= 11 is 6.30. The first-order valence-electron chi connectivity index (χ1n) is 14.1. The van der Waals surface area contributed by atoms with Gasteiger partial charge in [-0.1, -0.05) is 90.5 Å². The lowest BCUT2D eigenvalue weighted by atomic mass is 9.90. The molecule has 0 fully saturated rings. The fraction of sp³-hybridized carbons (Fsp3) is 0.265. The lowest BCUT2D eigenvalue weighted by Crippen LogP contribution is -2.31. The first-order chi connectivity index (χ1) is 21.7. The lowest BCUT2D eigenvalue weighted by molar-refractivity contribution is -0.192. The average Bonchev–Trinajstić information content (AvgIpc) is 3.00. The summed E-state index contributed by atoms with van der Waals surface area (Å²) in [7, 11) is 0. The standard InChI is InChI=1S/C32H32ClF3N2O.C2HF3O2/c1-23-16-17-27(37)20-30(23)39-19-9-18-38(21-26-14-8-15-29(31(26)33)32(34,35)36)22-28(24-10-4-2-5-11-24)25-12-6-3-7-13-25;3-2(4,5)1(6)7/h2-8,10-17,20,28H,9,18-19,21-22,37H2,1H3;(H,6,7). The number of rotatable bonds is 11. The second-order valence-corrected chi connectivity index (χ2v) is 10.8. The van der Waals surface area contributed by atoms with Gasteiger partial charge in [-0.15, -0.1) is 0 Å². The predicted molar refractivity (Wildman–Crippen MR) is 166 cm³/mol. The Morgan fingerprint density at radius 2 is 1.46 bits per heavy atom. The van der Waals surface area contributed by atoms with E-state index in [9.17, 15) is 26.3 Å². The Balaban J connectivity index is 0.000000738. The zero-order chi connectivity index (χ0) is 33.9. The van der Waals surface area contributed by atoms with Crippen LogP contribution < -0.4 is 10.5 Å². The Kier molecular flexibility index (Phi) is 12.9. The van der Waals surface area contributed by atoms with Crippen LogP contribution >= 0.6 is 11.6 Å². The highest BCUT2D eigenvalue weighted by Gasteiger charge is 2.38. The summed E-state index contributed by atoms with van der Waals surface area (Å²) in [5, 5.41) is 6.87. The molecule has 0 saturated carbocycles. The van der Waals surface area contributed by atoms with E-state index in [2.05, 4.69) is 29.2 Å². The number of ether oxygens (including phenoxy) is 1. The Morgan fingerprint density at radius 3 is 1.98 bits per heavy atom. The van der Waals surface area contributed by atoms with E-state index in [0.29, 0.717) is 37.4 Å². The van der Waals surface area contributed by atoms with Gasteiger partial charge in [-0.25, -0.2) is 4.79 Å². The number of carbonyl (C=O) groups is 1. The maximum Gasteiger partial charge on any atom is 0.490 e. The van der Waals surface area contributed by atoms with Crippen LogP contribution in [0, 0.1) is 6.92 Å². The van der Waals surface area contributed by atoms with E-state index in [1.165, 1.54) is 6.07 Å². The summed E-state index contributed by atoms with van der Waals surface area (Å²) in [6, 6.07) is 29.9. The SMILES string of the molecule is Cc1ccc(N)cc1OCCCN(Cc1cccc(C(F)(F)F)c1Cl)CC(c1ccccc1)c1ccccc1.O=C(O)C(F)(F)F. The highest BCUT2D eigenvalue weighted by Crippen LogP contribution is 2.37. The van der Waals surface area contributed by atoms with Crippen molar-refractivity contribution in [1.29, 1.82) is 0 Å². The number of aliphatic carboxylic acids is 1. The van der Waals surface area contributed by atoms with Crippen LogP contribution in [0.15, 0.2) is 97.1 Å². The fourth-order valence-corrected chi connectivity index (χ4v) is 4.96. The summed E-state index contributed by atoms with van der Waals surface area (Å²) < 4.78 is 78.4. The zero-order valence-corrected chi connectivity index (χ0v) is 25.5. The van der Waals surface area contributed by atoms with Gasteiger partial charge >= 0.3 is 18.3 Å². The van der Waals surface area contributed by atoms with Gasteiger partial charge in [0.2, 0.25) is 0 Å². The van der Waals surface area contributed by atoms with Crippen LogP contribution in [0.5, 0.6) is 5.75 Å². The highest BCUT2D eigenvalue weighted by atomic mass is 35.5. The van der Waals surface area contributed by atoms with Gasteiger partial charge in [0.1, 0.15) is 5.75 Å². The third-order valence-corrected chi connectivity index (χ3v) is 7.40. The smallest absolute Gasteiger partial charge is 0.490 e. The van der Waals surface area contributed by atoms with Crippen LogP contribution in [0.3, 0.4) is 0 Å². The summed E-state index contributed by atoms with van der Waals surface area (Å²) in [4.78, 5) is 11.1. The molecule has 0 radical (unpaired) electrons. The van der Waals surface area contributed by atoms with Crippen molar-refractivity contribution in [3.05, 3.63) is 130 Å². The molecule has 0 spiro atoms. The van der Waals surface area contributed by atoms with Gasteiger partial charge in [-0.3, -0.25) is 4.90 Å². The number of hydrogen-bond donors (Lipinski definition) is 2. The molecule has 4 rings (SSSR count).